The molecule has 1 aromatic heterocycles. The van der Waals surface area contributed by atoms with Crippen LogP contribution in [0, 0.1) is 0 Å². The molecule has 0 aliphatic carbocycles. The van der Waals surface area contributed by atoms with Crippen molar-refractivity contribution in [2.45, 2.75) is 17.9 Å². The third-order valence-corrected chi connectivity index (χ3v) is 4.51. The number of unbranched alkanes of at least 4 members (excludes halogenated alkanes) is 1. The fraction of sp³-hybridized carbons (Fsp3) is 0.545. The Morgan fingerprint density at radius 2 is 2.15 bits per heavy atom. The van der Waals surface area contributed by atoms with E-state index < -0.39 is 5.91 Å². The highest BCUT2D eigenvalue weighted by Gasteiger charge is 2.21. The summed E-state index contributed by atoms with van der Waals surface area (Å²) < 4.78 is 4.18. The van der Waals surface area contributed by atoms with Crippen molar-refractivity contribution in [2.24, 2.45) is 5.73 Å². The molecule has 0 fully saturated rings. The van der Waals surface area contributed by atoms with Crippen LogP contribution in [0.2, 0.25) is 0 Å². The van der Waals surface area contributed by atoms with Gasteiger partial charge in [0.05, 0.1) is 0 Å². The van der Waals surface area contributed by atoms with Gasteiger partial charge in [0.15, 0.2) is 0 Å². The number of nitrogens with two attached hydrogens (primary N) is 1. The molecule has 1 aromatic rings. The largest absolute Gasteiger partial charge is 0.365 e. The molecule has 0 saturated carbocycles. The van der Waals surface area contributed by atoms with Gasteiger partial charge in [0, 0.05) is 20.0 Å². The minimum Gasteiger partial charge on any atom is -0.365 e. The molecule has 1 rings (SSSR count). The number of rotatable bonds is 7. The van der Waals surface area contributed by atoms with Gasteiger partial charge in [-0.2, -0.15) is 4.37 Å². The summed E-state index contributed by atoms with van der Waals surface area (Å²) in [6.45, 7) is 0. The van der Waals surface area contributed by atoms with Gasteiger partial charge in [-0.25, -0.2) is 4.79 Å². The molecule has 0 bridgehead atoms. The van der Waals surface area contributed by atoms with E-state index in [-0.39, 0.29) is 11.6 Å². The molecule has 3 amide bonds. The van der Waals surface area contributed by atoms with Crippen molar-refractivity contribution >= 4 is 51.8 Å². The molecule has 0 aliphatic rings. The van der Waals surface area contributed by atoms with E-state index in [0.29, 0.717) is 15.9 Å². The summed E-state index contributed by atoms with van der Waals surface area (Å²) in [6.07, 6.45) is 1.85. The highest BCUT2D eigenvalue weighted by molar-refractivity contribution is 7.99. The second kappa shape index (κ2) is 8.33. The normalized spacial score (nSPS) is 10.3. The molecule has 0 saturated heterocycles. The highest BCUT2D eigenvalue weighted by Crippen LogP contribution is 2.32. The van der Waals surface area contributed by atoms with E-state index in [2.05, 4.69) is 9.69 Å². The molecular weight excluding hydrogens is 320 g/mol. The van der Waals surface area contributed by atoms with Crippen molar-refractivity contribution in [2.75, 3.05) is 31.0 Å². The molecule has 0 radical (unpaired) electrons. The standard InChI is InChI=1S/C11H17ClN4O2S2/c1-16(2)11(18)14-9-7(8(13)17)10(15-20-9)19-6-4-3-5-12/h3-6H2,1-2H3,(H2,13,17)(H,14,18). The number of anilines is 1. The average Bonchev–Trinajstić information content (AvgIpc) is 2.77. The highest BCUT2D eigenvalue weighted by atomic mass is 35.5. The molecule has 112 valence electrons. The van der Waals surface area contributed by atoms with Crippen molar-refractivity contribution in [3.05, 3.63) is 5.56 Å². The van der Waals surface area contributed by atoms with Crippen molar-refractivity contribution in [3.8, 4) is 0 Å². The number of amides is 3. The number of primary amides is 1. The van der Waals surface area contributed by atoms with E-state index in [1.165, 1.54) is 16.7 Å². The maximum Gasteiger partial charge on any atom is 0.321 e. The Bertz CT molecular complexity index is 479. The van der Waals surface area contributed by atoms with Gasteiger partial charge in [-0.15, -0.1) is 23.4 Å². The summed E-state index contributed by atoms with van der Waals surface area (Å²) in [7, 11) is 3.23. The maximum atomic E-state index is 11.6. The minimum absolute atomic E-state index is 0.279. The molecule has 9 heteroatoms. The summed E-state index contributed by atoms with van der Waals surface area (Å²) in [5.41, 5.74) is 5.65. The number of nitrogens with zero attached hydrogens (tertiary/aromatic N) is 2. The van der Waals surface area contributed by atoms with E-state index in [4.69, 9.17) is 17.3 Å². The molecule has 0 aromatic carbocycles. The second-order valence-corrected chi connectivity index (χ2v) is 6.36. The van der Waals surface area contributed by atoms with Crippen molar-refractivity contribution in [1.82, 2.24) is 9.27 Å². The molecule has 3 N–H and O–H groups in total. The smallest absolute Gasteiger partial charge is 0.321 e. The molecule has 6 nitrogen and oxygen atoms in total. The summed E-state index contributed by atoms with van der Waals surface area (Å²) in [6, 6.07) is -0.324. The van der Waals surface area contributed by atoms with Gasteiger partial charge in [-0.05, 0) is 30.1 Å². The topological polar surface area (TPSA) is 88.3 Å². The number of nitrogens with one attached hydrogen (secondary N) is 1. The summed E-state index contributed by atoms with van der Waals surface area (Å²) >= 11 is 8.11. The fourth-order valence-corrected chi connectivity index (χ4v) is 3.40. The Morgan fingerprint density at radius 3 is 2.70 bits per heavy atom. The van der Waals surface area contributed by atoms with Crippen LogP contribution in [-0.4, -0.2) is 46.9 Å². The summed E-state index contributed by atoms with van der Waals surface area (Å²) in [5.74, 6) is 0.829. The predicted octanol–water partition coefficient (Wildman–Crippen LogP) is 2.45. The van der Waals surface area contributed by atoms with Gasteiger partial charge < -0.3 is 10.6 Å². The number of carbonyl (C=O) groups is 2. The van der Waals surface area contributed by atoms with E-state index >= 15 is 0 Å². The molecule has 0 spiro atoms. The Kier molecular flexibility index (Phi) is 7.11. The first-order chi connectivity index (χ1) is 9.47. The van der Waals surface area contributed by atoms with E-state index in [1.54, 1.807) is 14.1 Å². The summed E-state index contributed by atoms with van der Waals surface area (Å²) in [5, 5.41) is 3.57. The summed E-state index contributed by atoms with van der Waals surface area (Å²) in [4.78, 5) is 24.5. The molecular formula is C11H17ClN4O2S2. The van der Waals surface area contributed by atoms with Gasteiger partial charge in [0.2, 0.25) is 0 Å². The van der Waals surface area contributed by atoms with Gasteiger partial charge >= 0.3 is 6.03 Å². The molecule has 0 aliphatic heterocycles. The molecule has 0 unspecified atom stereocenters. The van der Waals surface area contributed by atoms with Crippen molar-refractivity contribution in [1.29, 1.82) is 0 Å². The third-order valence-electron chi connectivity index (χ3n) is 2.30. The lowest BCUT2D eigenvalue weighted by molar-refractivity contribution is 0.0998. The van der Waals surface area contributed by atoms with Gasteiger partial charge in [-0.3, -0.25) is 10.1 Å². The number of thioether (sulfide) groups is 1. The van der Waals surface area contributed by atoms with Crippen LogP contribution < -0.4 is 11.1 Å². The van der Waals surface area contributed by atoms with Gasteiger partial charge in [0.25, 0.3) is 5.91 Å². The van der Waals surface area contributed by atoms with Crippen LogP contribution >= 0.6 is 34.9 Å². The number of urea groups is 1. The number of hydrogen-bond donors (Lipinski definition) is 2. The number of aromatic nitrogens is 1. The van der Waals surface area contributed by atoms with Crippen LogP contribution in [0.5, 0.6) is 0 Å². The second-order valence-electron chi connectivity index (χ2n) is 4.13. The quantitative estimate of drug-likeness (QED) is 0.455. The van der Waals surface area contributed by atoms with Crippen molar-refractivity contribution < 1.29 is 9.59 Å². The first kappa shape index (κ1) is 17.1. The Labute approximate surface area is 131 Å². The van der Waals surface area contributed by atoms with E-state index in [9.17, 15) is 9.59 Å². The lowest BCUT2D eigenvalue weighted by Crippen LogP contribution is -2.28. The molecule has 0 atom stereocenters. The van der Waals surface area contributed by atoms with Crippen LogP contribution in [0.25, 0.3) is 0 Å². The Hall–Kier alpha value is -0.990. The number of halogens is 1. The zero-order valence-corrected chi connectivity index (χ0v) is 13.7. The van der Waals surface area contributed by atoms with Crippen molar-refractivity contribution in [3.63, 3.8) is 0 Å². The van der Waals surface area contributed by atoms with Crippen LogP contribution in [0.1, 0.15) is 23.2 Å². The predicted molar refractivity (Wildman–Crippen MR) is 84.0 cm³/mol. The average molecular weight is 337 g/mol. The molecule has 1 heterocycles. The Balaban J connectivity index is 2.79. The number of hydrogen-bond acceptors (Lipinski definition) is 5. The van der Waals surface area contributed by atoms with E-state index in [0.717, 1.165) is 30.1 Å². The monoisotopic (exact) mass is 336 g/mol. The number of carbonyl (C=O) groups excluding carboxylic acids is 2. The first-order valence-electron chi connectivity index (χ1n) is 5.94. The van der Waals surface area contributed by atoms with Crippen LogP contribution in [0.3, 0.4) is 0 Å². The van der Waals surface area contributed by atoms with Crippen LogP contribution in [-0.2, 0) is 0 Å². The van der Waals surface area contributed by atoms with Gasteiger partial charge in [-0.1, -0.05) is 0 Å². The number of alkyl halides is 1. The maximum absolute atomic E-state index is 11.6. The van der Waals surface area contributed by atoms with Crippen LogP contribution in [0.4, 0.5) is 9.80 Å². The zero-order chi connectivity index (χ0) is 15.1. The molecule has 20 heavy (non-hydrogen) atoms. The first-order valence-corrected chi connectivity index (χ1v) is 8.23. The van der Waals surface area contributed by atoms with E-state index in [1.807, 2.05) is 0 Å². The third kappa shape index (κ3) is 4.84. The van der Waals surface area contributed by atoms with Gasteiger partial charge in [0.1, 0.15) is 15.6 Å². The fourth-order valence-electron chi connectivity index (χ4n) is 1.25. The SMILES string of the molecule is CN(C)C(=O)Nc1snc(SCCCCCl)c1C(N)=O. The lowest BCUT2D eigenvalue weighted by atomic mass is 10.3. The zero-order valence-electron chi connectivity index (χ0n) is 11.3. The minimum atomic E-state index is -0.590. The lowest BCUT2D eigenvalue weighted by Gasteiger charge is -2.11. The Morgan fingerprint density at radius 1 is 1.45 bits per heavy atom. The van der Waals surface area contributed by atoms with Crippen LogP contribution in [0.15, 0.2) is 5.03 Å².